The molecule has 0 spiro atoms. The fraction of sp³-hybridized carbons (Fsp3) is 0.400. The van der Waals surface area contributed by atoms with Gasteiger partial charge in [-0.3, -0.25) is 4.68 Å². The molecule has 0 atom stereocenters. The minimum Gasteiger partial charge on any atom is -0.492 e. The van der Waals surface area contributed by atoms with Crippen molar-refractivity contribution in [3.8, 4) is 5.75 Å². The topological polar surface area (TPSA) is 39.1 Å². The molecule has 20 heavy (non-hydrogen) atoms. The molecule has 2 rings (SSSR count). The summed E-state index contributed by atoms with van der Waals surface area (Å²) < 4.78 is 8.75. The van der Waals surface area contributed by atoms with E-state index in [0.717, 1.165) is 22.4 Å². The summed E-state index contributed by atoms with van der Waals surface area (Å²) in [5, 5.41) is 7.62. The Hall–Kier alpha value is -1.08. The van der Waals surface area contributed by atoms with E-state index >= 15 is 0 Å². The van der Waals surface area contributed by atoms with Crippen molar-refractivity contribution in [2.45, 2.75) is 33.0 Å². The Bertz CT molecular complexity index is 522. The summed E-state index contributed by atoms with van der Waals surface area (Å²) in [5.41, 5.74) is 1.27. The van der Waals surface area contributed by atoms with Gasteiger partial charge < -0.3 is 10.1 Å². The molecule has 1 aromatic carbocycles. The van der Waals surface area contributed by atoms with Crippen LogP contribution in [0.25, 0.3) is 0 Å². The van der Waals surface area contributed by atoms with Crippen LogP contribution in [-0.2, 0) is 13.1 Å². The molecule has 0 bridgehead atoms. The average molecular weight is 385 g/mol. The molecule has 108 valence electrons. The van der Waals surface area contributed by atoms with E-state index in [-0.39, 0.29) is 0 Å². The average Bonchev–Trinajstić information content (AvgIpc) is 2.83. The molecule has 4 nitrogen and oxygen atoms in total. The largest absolute Gasteiger partial charge is 0.492 e. The lowest BCUT2D eigenvalue weighted by Gasteiger charge is -2.09. The minimum atomic E-state index is 0.503. The third kappa shape index (κ3) is 5.13. The summed E-state index contributed by atoms with van der Waals surface area (Å²) in [6.07, 6.45) is 3.85. The van der Waals surface area contributed by atoms with Gasteiger partial charge in [0.1, 0.15) is 12.4 Å². The van der Waals surface area contributed by atoms with Crippen LogP contribution < -0.4 is 10.1 Å². The highest BCUT2D eigenvalue weighted by molar-refractivity contribution is 14.1. The number of benzene rings is 1. The molecule has 0 amide bonds. The second-order valence-corrected chi connectivity index (χ2v) is 6.20. The van der Waals surface area contributed by atoms with Gasteiger partial charge >= 0.3 is 0 Å². The maximum Gasteiger partial charge on any atom is 0.119 e. The van der Waals surface area contributed by atoms with Crippen molar-refractivity contribution in [3.05, 3.63) is 45.8 Å². The monoisotopic (exact) mass is 385 g/mol. The van der Waals surface area contributed by atoms with Crippen molar-refractivity contribution in [2.75, 3.05) is 6.61 Å². The Morgan fingerprint density at radius 2 is 2.05 bits per heavy atom. The molecule has 1 heterocycles. The van der Waals surface area contributed by atoms with Crippen molar-refractivity contribution in [1.82, 2.24) is 15.1 Å². The lowest BCUT2D eigenvalue weighted by Crippen LogP contribution is -2.21. The fourth-order valence-electron chi connectivity index (χ4n) is 1.74. The summed E-state index contributed by atoms with van der Waals surface area (Å²) in [5.74, 6) is 0.903. The third-order valence-electron chi connectivity index (χ3n) is 2.83. The molecular weight excluding hydrogens is 365 g/mol. The number of aromatic nitrogens is 2. The molecule has 5 heteroatoms. The molecule has 0 saturated heterocycles. The van der Waals surface area contributed by atoms with Crippen LogP contribution in [0.15, 0.2) is 36.7 Å². The van der Waals surface area contributed by atoms with Gasteiger partial charge in [0, 0.05) is 18.8 Å². The van der Waals surface area contributed by atoms with E-state index in [1.54, 1.807) is 0 Å². The molecule has 0 unspecified atom stereocenters. The quantitative estimate of drug-likeness (QED) is 0.745. The first-order valence-electron chi connectivity index (χ1n) is 6.76. The molecule has 1 aromatic heterocycles. The Kier molecular flexibility index (Phi) is 5.85. The second-order valence-electron chi connectivity index (χ2n) is 4.95. The van der Waals surface area contributed by atoms with Gasteiger partial charge in [-0.2, -0.15) is 5.10 Å². The molecule has 0 aliphatic heterocycles. The summed E-state index contributed by atoms with van der Waals surface area (Å²) in [4.78, 5) is 0. The second kappa shape index (κ2) is 7.64. The number of nitrogens with zero attached hydrogens (tertiary/aromatic N) is 2. The predicted molar refractivity (Wildman–Crippen MR) is 88.9 cm³/mol. The molecular formula is C15H20IN3O. The fourth-order valence-corrected chi connectivity index (χ4v) is 2.19. The first kappa shape index (κ1) is 15.3. The lowest BCUT2D eigenvalue weighted by atomic mass is 10.2. The first-order chi connectivity index (χ1) is 9.63. The predicted octanol–water partition coefficient (Wildman–Crippen LogP) is 3.06. The number of halogens is 1. The van der Waals surface area contributed by atoms with E-state index in [1.165, 1.54) is 5.56 Å². The summed E-state index contributed by atoms with van der Waals surface area (Å²) >= 11 is 2.25. The number of rotatable bonds is 7. The molecule has 1 N–H and O–H groups in total. The normalized spacial score (nSPS) is 11.0. The van der Waals surface area contributed by atoms with Crippen molar-refractivity contribution >= 4 is 22.6 Å². The standard InChI is InChI=1S/C15H20IN3O/c1-12(2)17-9-13-3-5-15(6-4-13)20-8-7-19-11-14(16)10-18-19/h3-6,10-12,17H,7-9H2,1-2H3. The Labute approximate surface area is 133 Å². The first-order valence-corrected chi connectivity index (χ1v) is 7.84. The smallest absolute Gasteiger partial charge is 0.119 e. The molecule has 2 aromatic rings. The molecule has 0 aliphatic carbocycles. The van der Waals surface area contributed by atoms with Gasteiger partial charge in [0.05, 0.1) is 16.3 Å². The number of hydrogen-bond donors (Lipinski definition) is 1. The van der Waals surface area contributed by atoms with E-state index in [1.807, 2.05) is 29.2 Å². The maximum atomic E-state index is 5.72. The van der Waals surface area contributed by atoms with Crippen molar-refractivity contribution in [3.63, 3.8) is 0 Å². The summed E-state index contributed by atoms with van der Waals surface area (Å²) in [6.45, 7) is 6.58. The van der Waals surface area contributed by atoms with Crippen LogP contribution >= 0.6 is 22.6 Å². The SMILES string of the molecule is CC(C)NCc1ccc(OCCn2cc(I)cn2)cc1. The Morgan fingerprint density at radius 3 is 2.65 bits per heavy atom. The van der Waals surface area contributed by atoms with Crippen LogP contribution in [-0.4, -0.2) is 22.4 Å². The van der Waals surface area contributed by atoms with Crippen LogP contribution in [0.2, 0.25) is 0 Å². The van der Waals surface area contributed by atoms with Crippen LogP contribution in [0.5, 0.6) is 5.75 Å². The zero-order chi connectivity index (χ0) is 14.4. The number of ether oxygens (including phenoxy) is 1. The van der Waals surface area contributed by atoms with Gasteiger partial charge in [0.2, 0.25) is 0 Å². The zero-order valence-electron chi connectivity index (χ0n) is 11.8. The summed E-state index contributed by atoms with van der Waals surface area (Å²) in [7, 11) is 0. The lowest BCUT2D eigenvalue weighted by molar-refractivity contribution is 0.291. The van der Waals surface area contributed by atoms with E-state index in [4.69, 9.17) is 4.74 Å². The highest BCUT2D eigenvalue weighted by atomic mass is 127. The van der Waals surface area contributed by atoms with Crippen LogP contribution in [0.4, 0.5) is 0 Å². The van der Waals surface area contributed by atoms with Gasteiger partial charge in [-0.25, -0.2) is 0 Å². The van der Waals surface area contributed by atoms with Gasteiger partial charge in [0.15, 0.2) is 0 Å². The van der Waals surface area contributed by atoms with Crippen LogP contribution in [0, 0.1) is 3.57 Å². The van der Waals surface area contributed by atoms with Gasteiger partial charge in [-0.15, -0.1) is 0 Å². The third-order valence-corrected chi connectivity index (χ3v) is 3.39. The van der Waals surface area contributed by atoms with Gasteiger partial charge in [0.25, 0.3) is 0 Å². The van der Waals surface area contributed by atoms with Crippen LogP contribution in [0.3, 0.4) is 0 Å². The molecule has 0 fully saturated rings. The summed E-state index contributed by atoms with van der Waals surface area (Å²) in [6, 6.07) is 8.74. The molecule has 0 radical (unpaired) electrons. The molecule has 0 aliphatic rings. The van der Waals surface area contributed by atoms with E-state index in [2.05, 4.69) is 59.0 Å². The number of nitrogens with one attached hydrogen (secondary N) is 1. The highest BCUT2D eigenvalue weighted by Crippen LogP contribution is 2.12. The molecule has 0 saturated carbocycles. The maximum absolute atomic E-state index is 5.72. The van der Waals surface area contributed by atoms with Crippen molar-refractivity contribution < 1.29 is 4.74 Å². The van der Waals surface area contributed by atoms with Gasteiger partial charge in [-0.05, 0) is 40.3 Å². The minimum absolute atomic E-state index is 0.503. The van der Waals surface area contributed by atoms with Crippen molar-refractivity contribution in [1.29, 1.82) is 0 Å². The Morgan fingerprint density at radius 1 is 1.30 bits per heavy atom. The Balaban J connectivity index is 1.76. The van der Waals surface area contributed by atoms with Gasteiger partial charge in [-0.1, -0.05) is 26.0 Å². The van der Waals surface area contributed by atoms with Crippen molar-refractivity contribution in [2.24, 2.45) is 0 Å². The van der Waals surface area contributed by atoms with E-state index in [0.29, 0.717) is 12.6 Å². The highest BCUT2D eigenvalue weighted by Gasteiger charge is 1.99. The van der Waals surface area contributed by atoms with Crippen LogP contribution in [0.1, 0.15) is 19.4 Å². The zero-order valence-corrected chi connectivity index (χ0v) is 14.0. The number of hydrogen-bond acceptors (Lipinski definition) is 3. The van der Waals surface area contributed by atoms with E-state index < -0.39 is 0 Å². The van der Waals surface area contributed by atoms with E-state index in [9.17, 15) is 0 Å².